The maximum Gasteiger partial charge on any atom is 0.140 e. The molecular formula is C27H34N4O2. The highest BCUT2D eigenvalue weighted by molar-refractivity contribution is 5.90. The number of para-hydroxylation sites is 1. The molecule has 1 aliphatic carbocycles. The molecule has 0 amide bonds. The largest absolute Gasteiger partial charge is 0.496 e. The van der Waals surface area contributed by atoms with Gasteiger partial charge in [-0.05, 0) is 67.3 Å². The SMILES string of the molecule is COCCC(N)c1ccc2nc(C3CC3)nc(N3CCC(c4ccccc4OC)CC3)c2c1. The Labute approximate surface area is 196 Å². The Morgan fingerprint density at radius 1 is 1.00 bits per heavy atom. The third-order valence-electron chi connectivity index (χ3n) is 7.09. The summed E-state index contributed by atoms with van der Waals surface area (Å²) in [6, 6.07) is 14.8. The average Bonchev–Trinajstić information content (AvgIpc) is 3.72. The summed E-state index contributed by atoms with van der Waals surface area (Å²) in [6.45, 7) is 2.59. The number of aromatic nitrogens is 2. The van der Waals surface area contributed by atoms with Gasteiger partial charge in [0.05, 0.1) is 12.6 Å². The average molecular weight is 447 g/mol. The maximum absolute atomic E-state index is 6.45. The van der Waals surface area contributed by atoms with Gasteiger partial charge in [-0.2, -0.15) is 0 Å². The highest BCUT2D eigenvalue weighted by Crippen LogP contribution is 2.41. The molecule has 1 saturated heterocycles. The van der Waals surface area contributed by atoms with Gasteiger partial charge in [0.15, 0.2) is 0 Å². The molecule has 1 saturated carbocycles. The van der Waals surface area contributed by atoms with Crippen LogP contribution in [-0.4, -0.2) is 43.9 Å². The number of rotatable bonds is 8. The monoisotopic (exact) mass is 446 g/mol. The van der Waals surface area contributed by atoms with Crippen LogP contribution in [-0.2, 0) is 4.74 Å². The second-order valence-electron chi connectivity index (χ2n) is 9.35. The lowest BCUT2D eigenvalue weighted by Gasteiger charge is -2.34. The van der Waals surface area contributed by atoms with Crippen molar-refractivity contribution in [3.8, 4) is 5.75 Å². The Hall–Kier alpha value is -2.70. The van der Waals surface area contributed by atoms with Gasteiger partial charge in [0.1, 0.15) is 17.4 Å². The van der Waals surface area contributed by atoms with E-state index in [1.807, 2.05) is 6.07 Å². The van der Waals surface area contributed by atoms with Crippen molar-refractivity contribution in [1.82, 2.24) is 9.97 Å². The van der Waals surface area contributed by atoms with E-state index >= 15 is 0 Å². The van der Waals surface area contributed by atoms with E-state index in [0.717, 1.165) is 66.2 Å². The normalized spacial score (nSPS) is 18.0. The second-order valence-corrected chi connectivity index (χ2v) is 9.35. The zero-order chi connectivity index (χ0) is 22.8. The van der Waals surface area contributed by atoms with Crippen LogP contribution in [0.25, 0.3) is 10.9 Å². The fraction of sp³-hybridized carbons (Fsp3) is 0.481. The van der Waals surface area contributed by atoms with Gasteiger partial charge in [0, 0.05) is 44.2 Å². The Morgan fingerprint density at radius 3 is 2.52 bits per heavy atom. The summed E-state index contributed by atoms with van der Waals surface area (Å²) in [5.41, 5.74) is 9.91. The number of piperidine rings is 1. The van der Waals surface area contributed by atoms with Crippen LogP contribution in [0.2, 0.25) is 0 Å². The van der Waals surface area contributed by atoms with Gasteiger partial charge in [-0.25, -0.2) is 9.97 Å². The number of fused-ring (bicyclic) bond motifs is 1. The first-order chi connectivity index (χ1) is 16.2. The van der Waals surface area contributed by atoms with Crippen LogP contribution < -0.4 is 15.4 Å². The molecule has 1 unspecified atom stereocenters. The zero-order valence-electron chi connectivity index (χ0n) is 19.7. The van der Waals surface area contributed by atoms with Crippen LogP contribution in [0.5, 0.6) is 5.75 Å². The van der Waals surface area contributed by atoms with E-state index in [1.165, 1.54) is 18.4 Å². The molecule has 6 nitrogen and oxygen atoms in total. The van der Waals surface area contributed by atoms with E-state index in [-0.39, 0.29) is 6.04 Å². The lowest BCUT2D eigenvalue weighted by atomic mass is 9.88. The summed E-state index contributed by atoms with van der Waals surface area (Å²) in [5, 5.41) is 1.11. The van der Waals surface area contributed by atoms with Gasteiger partial charge in [-0.1, -0.05) is 24.3 Å². The quantitative estimate of drug-likeness (QED) is 0.529. The molecule has 174 valence electrons. The lowest BCUT2D eigenvalue weighted by molar-refractivity contribution is 0.188. The van der Waals surface area contributed by atoms with Crippen molar-refractivity contribution >= 4 is 16.7 Å². The number of nitrogens with two attached hydrogens (primary N) is 1. The summed E-state index contributed by atoms with van der Waals surface area (Å²) in [5.74, 6) is 4.09. The number of ether oxygens (including phenoxy) is 2. The number of hydrogen-bond donors (Lipinski definition) is 1. The molecule has 5 rings (SSSR count). The highest BCUT2D eigenvalue weighted by atomic mass is 16.5. The van der Waals surface area contributed by atoms with Crippen molar-refractivity contribution < 1.29 is 9.47 Å². The Kier molecular flexibility index (Phi) is 6.47. The highest BCUT2D eigenvalue weighted by Gasteiger charge is 2.30. The first-order valence-electron chi connectivity index (χ1n) is 12.1. The Morgan fingerprint density at radius 2 is 1.79 bits per heavy atom. The van der Waals surface area contributed by atoms with Gasteiger partial charge in [0.25, 0.3) is 0 Å². The molecule has 2 aliphatic rings. The maximum atomic E-state index is 6.45. The minimum Gasteiger partial charge on any atom is -0.496 e. The molecule has 0 bridgehead atoms. The van der Waals surface area contributed by atoms with Gasteiger partial charge >= 0.3 is 0 Å². The van der Waals surface area contributed by atoms with E-state index in [0.29, 0.717) is 18.4 Å². The van der Waals surface area contributed by atoms with Crippen LogP contribution in [0, 0.1) is 0 Å². The molecule has 0 radical (unpaired) electrons. The predicted molar refractivity (Wildman–Crippen MR) is 132 cm³/mol. The second kappa shape index (κ2) is 9.65. The van der Waals surface area contributed by atoms with Crippen molar-refractivity contribution in [2.45, 2.75) is 50.0 Å². The van der Waals surface area contributed by atoms with E-state index < -0.39 is 0 Å². The van der Waals surface area contributed by atoms with Crippen LogP contribution in [0.1, 0.15) is 66.9 Å². The smallest absolute Gasteiger partial charge is 0.140 e. The molecular weight excluding hydrogens is 412 g/mol. The van der Waals surface area contributed by atoms with E-state index in [9.17, 15) is 0 Å². The molecule has 2 fully saturated rings. The number of hydrogen-bond acceptors (Lipinski definition) is 6. The fourth-order valence-corrected chi connectivity index (χ4v) is 4.96. The number of benzene rings is 2. The molecule has 2 N–H and O–H groups in total. The van der Waals surface area contributed by atoms with Gasteiger partial charge in [0.2, 0.25) is 0 Å². The van der Waals surface area contributed by atoms with Crippen molar-refractivity contribution in [1.29, 1.82) is 0 Å². The third-order valence-corrected chi connectivity index (χ3v) is 7.09. The van der Waals surface area contributed by atoms with Gasteiger partial charge in [-0.3, -0.25) is 0 Å². The van der Waals surface area contributed by atoms with E-state index in [4.69, 9.17) is 25.2 Å². The molecule has 2 aromatic carbocycles. The van der Waals surface area contributed by atoms with Crippen LogP contribution in [0.3, 0.4) is 0 Å². The molecule has 3 aromatic rings. The van der Waals surface area contributed by atoms with Crippen LogP contribution in [0.4, 0.5) is 5.82 Å². The molecule has 0 spiro atoms. The minimum atomic E-state index is -0.0541. The molecule has 1 aliphatic heterocycles. The molecule has 6 heteroatoms. The van der Waals surface area contributed by atoms with Crippen molar-refractivity contribution in [3.63, 3.8) is 0 Å². The van der Waals surface area contributed by atoms with Crippen LogP contribution in [0.15, 0.2) is 42.5 Å². The number of anilines is 1. The Balaban J connectivity index is 1.43. The first kappa shape index (κ1) is 22.1. The number of methoxy groups -OCH3 is 2. The topological polar surface area (TPSA) is 73.5 Å². The Bertz CT molecular complexity index is 1110. The van der Waals surface area contributed by atoms with Crippen LogP contribution >= 0.6 is 0 Å². The van der Waals surface area contributed by atoms with Gasteiger partial charge < -0.3 is 20.1 Å². The summed E-state index contributed by atoms with van der Waals surface area (Å²) < 4.78 is 10.9. The first-order valence-corrected chi connectivity index (χ1v) is 12.1. The summed E-state index contributed by atoms with van der Waals surface area (Å²) in [7, 11) is 3.47. The van der Waals surface area contributed by atoms with Crippen molar-refractivity contribution in [2.24, 2.45) is 5.73 Å². The van der Waals surface area contributed by atoms with E-state index in [1.54, 1.807) is 14.2 Å². The summed E-state index contributed by atoms with van der Waals surface area (Å²) in [6.07, 6.45) is 5.35. The predicted octanol–water partition coefficient (Wildman–Crippen LogP) is 4.94. The molecule has 1 atom stereocenters. The number of nitrogens with zero attached hydrogens (tertiary/aromatic N) is 3. The summed E-state index contributed by atoms with van der Waals surface area (Å²) >= 11 is 0. The fourth-order valence-electron chi connectivity index (χ4n) is 4.96. The van der Waals surface area contributed by atoms with E-state index in [2.05, 4.69) is 41.3 Å². The molecule has 33 heavy (non-hydrogen) atoms. The lowest BCUT2D eigenvalue weighted by Crippen LogP contribution is -2.34. The third kappa shape index (κ3) is 4.68. The molecule has 2 heterocycles. The van der Waals surface area contributed by atoms with Crippen molar-refractivity contribution in [2.75, 3.05) is 38.8 Å². The minimum absolute atomic E-state index is 0.0541. The zero-order valence-corrected chi connectivity index (χ0v) is 19.7. The molecule has 1 aromatic heterocycles. The standard InChI is InChI=1S/C27H34N4O2/c1-32-16-13-23(28)20-9-10-24-22(17-20)27(30-26(29-24)19-7-8-19)31-14-11-18(12-15-31)21-5-3-4-6-25(21)33-2/h3-6,9-10,17-19,23H,7-8,11-16,28H2,1-2H3. The van der Waals surface area contributed by atoms with Crippen molar-refractivity contribution in [3.05, 3.63) is 59.4 Å². The summed E-state index contributed by atoms with van der Waals surface area (Å²) in [4.78, 5) is 12.5. The van der Waals surface area contributed by atoms with Gasteiger partial charge in [-0.15, -0.1) is 0 Å².